The van der Waals surface area contributed by atoms with Crippen molar-refractivity contribution in [3.63, 3.8) is 0 Å². The van der Waals surface area contributed by atoms with Gasteiger partial charge in [-0.2, -0.15) is 5.10 Å². The summed E-state index contributed by atoms with van der Waals surface area (Å²) in [7, 11) is 0. The fourth-order valence-corrected chi connectivity index (χ4v) is 3.06. The van der Waals surface area contributed by atoms with Crippen LogP contribution in [0.25, 0.3) is 0 Å². The van der Waals surface area contributed by atoms with E-state index in [2.05, 4.69) is 43.0 Å². The average molecular weight is 320 g/mol. The van der Waals surface area contributed by atoms with E-state index in [0.29, 0.717) is 5.56 Å². The molecule has 2 heterocycles. The monoisotopic (exact) mass is 320 g/mol. The highest BCUT2D eigenvalue weighted by Gasteiger charge is 2.17. The molecule has 1 saturated heterocycles. The lowest BCUT2D eigenvalue weighted by Crippen LogP contribution is -2.35. The number of nitrogens with zero attached hydrogens (tertiary/aromatic N) is 3. The molecule has 1 fully saturated rings. The van der Waals surface area contributed by atoms with Crippen LogP contribution >= 0.6 is 0 Å². The molecule has 23 heavy (non-hydrogen) atoms. The smallest absolute Gasteiger partial charge is 0.254 e. The third-order valence-corrected chi connectivity index (χ3v) is 4.46. The molecule has 0 aromatic carbocycles. The minimum atomic E-state index is -0.0931. The molecular weight excluding hydrogens is 288 g/mol. The van der Waals surface area contributed by atoms with Gasteiger partial charge in [-0.05, 0) is 65.5 Å². The summed E-state index contributed by atoms with van der Waals surface area (Å²) in [6.07, 6.45) is 8.35. The van der Waals surface area contributed by atoms with Crippen molar-refractivity contribution in [2.75, 3.05) is 26.2 Å². The first-order valence-corrected chi connectivity index (χ1v) is 8.92. The molecule has 1 aliphatic rings. The van der Waals surface area contributed by atoms with Gasteiger partial charge in [0.05, 0.1) is 17.3 Å². The van der Waals surface area contributed by atoms with Crippen molar-refractivity contribution in [1.82, 2.24) is 20.0 Å². The Balaban J connectivity index is 1.64. The Bertz CT molecular complexity index is 503. The van der Waals surface area contributed by atoms with Crippen LogP contribution in [-0.4, -0.2) is 46.8 Å². The van der Waals surface area contributed by atoms with Gasteiger partial charge in [-0.3, -0.25) is 9.48 Å². The quantitative estimate of drug-likeness (QED) is 0.820. The largest absolute Gasteiger partial charge is 0.352 e. The van der Waals surface area contributed by atoms with Crippen molar-refractivity contribution in [2.24, 2.45) is 5.92 Å². The zero-order valence-electron chi connectivity index (χ0n) is 15.1. The second kappa shape index (κ2) is 7.95. The number of nitrogens with one attached hydrogen (secondary N) is 1. The van der Waals surface area contributed by atoms with Crippen molar-refractivity contribution < 1.29 is 4.79 Å². The minimum absolute atomic E-state index is 0.0212. The predicted molar refractivity (Wildman–Crippen MR) is 93.6 cm³/mol. The fourth-order valence-electron chi connectivity index (χ4n) is 3.06. The summed E-state index contributed by atoms with van der Waals surface area (Å²) >= 11 is 0. The van der Waals surface area contributed by atoms with Gasteiger partial charge < -0.3 is 10.2 Å². The molecule has 1 aliphatic heterocycles. The van der Waals surface area contributed by atoms with Crippen molar-refractivity contribution in [3.8, 4) is 0 Å². The van der Waals surface area contributed by atoms with Crippen molar-refractivity contribution in [3.05, 3.63) is 18.0 Å². The lowest BCUT2D eigenvalue weighted by atomic mass is 10.0. The highest BCUT2D eigenvalue weighted by molar-refractivity contribution is 5.93. The Morgan fingerprint density at radius 3 is 2.83 bits per heavy atom. The summed E-state index contributed by atoms with van der Waals surface area (Å²) in [5.74, 6) is 0.815. The zero-order chi connectivity index (χ0) is 16.9. The van der Waals surface area contributed by atoms with Crippen LogP contribution in [0.15, 0.2) is 12.4 Å². The summed E-state index contributed by atoms with van der Waals surface area (Å²) in [5.41, 5.74) is 0.550. The molecule has 0 unspecified atom stereocenters. The van der Waals surface area contributed by atoms with Crippen LogP contribution < -0.4 is 5.32 Å². The van der Waals surface area contributed by atoms with Crippen molar-refractivity contribution >= 4 is 5.91 Å². The number of unbranched alkanes of at least 4 members (excludes halogenated alkanes) is 1. The summed E-state index contributed by atoms with van der Waals surface area (Å²) in [5, 5.41) is 7.27. The molecule has 1 aromatic heterocycles. The Kier molecular flexibility index (Phi) is 6.22. The third-order valence-electron chi connectivity index (χ3n) is 4.46. The van der Waals surface area contributed by atoms with Gasteiger partial charge >= 0.3 is 0 Å². The maximum Gasteiger partial charge on any atom is 0.254 e. The molecule has 1 aromatic rings. The second-order valence-corrected chi connectivity index (χ2v) is 7.86. The van der Waals surface area contributed by atoms with Crippen LogP contribution in [0.1, 0.15) is 63.7 Å². The molecule has 0 saturated carbocycles. The van der Waals surface area contributed by atoms with E-state index in [-0.39, 0.29) is 11.4 Å². The van der Waals surface area contributed by atoms with Gasteiger partial charge in [0.15, 0.2) is 0 Å². The molecule has 0 bridgehead atoms. The fraction of sp³-hybridized carbons (Fsp3) is 0.778. The molecule has 0 aliphatic carbocycles. The molecule has 2 rings (SSSR count). The van der Waals surface area contributed by atoms with Crippen LogP contribution in [0.2, 0.25) is 0 Å². The lowest BCUT2D eigenvalue weighted by Gasteiger charge is -2.30. The summed E-state index contributed by atoms with van der Waals surface area (Å²) in [6.45, 7) is 12.9. The van der Waals surface area contributed by atoms with E-state index in [1.54, 1.807) is 6.20 Å². The Labute approximate surface area is 140 Å². The topological polar surface area (TPSA) is 50.2 Å². The molecular formula is C18H32N4O. The van der Waals surface area contributed by atoms with Crippen LogP contribution in [0.4, 0.5) is 0 Å². The molecule has 1 amide bonds. The van der Waals surface area contributed by atoms with Gasteiger partial charge in [0.2, 0.25) is 0 Å². The standard InChI is InChI=1S/C18H32N4O/c1-15-8-7-11-21(13-15)10-6-5-9-19-17(23)16-12-20-22(14-16)18(2,3)4/h12,14-15H,5-11,13H2,1-4H3,(H,19,23)/t15-/m0/s1. The number of carbonyl (C=O) groups is 1. The third kappa shape index (κ3) is 5.65. The molecule has 1 atom stereocenters. The Morgan fingerprint density at radius 1 is 1.39 bits per heavy atom. The van der Waals surface area contributed by atoms with Crippen LogP contribution in [0.5, 0.6) is 0 Å². The van der Waals surface area contributed by atoms with E-state index in [1.165, 1.54) is 25.9 Å². The first-order chi connectivity index (χ1) is 10.9. The SMILES string of the molecule is C[C@H]1CCCN(CCCCNC(=O)c2cnn(C(C)(C)C)c2)C1. The Hall–Kier alpha value is -1.36. The van der Waals surface area contributed by atoms with Gasteiger partial charge in [0.25, 0.3) is 5.91 Å². The van der Waals surface area contributed by atoms with Gasteiger partial charge in [0, 0.05) is 19.3 Å². The predicted octanol–water partition coefficient (Wildman–Crippen LogP) is 2.88. The first-order valence-electron chi connectivity index (χ1n) is 8.92. The number of aromatic nitrogens is 2. The second-order valence-electron chi connectivity index (χ2n) is 7.86. The van der Waals surface area contributed by atoms with E-state index in [4.69, 9.17) is 0 Å². The van der Waals surface area contributed by atoms with Gasteiger partial charge in [-0.1, -0.05) is 6.92 Å². The highest BCUT2D eigenvalue weighted by atomic mass is 16.1. The average Bonchev–Trinajstić information content (AvgIpc) is 2.97. The molecule has 130 valence electrons. The number of hydrogen-bond donors (Lipinski definition) is 1. The number of likely N-dealkylation sites (tertiary alicyclic amines) is 1. The minimum Gasteiger partial charge on any atom is -0.352 e. The van der Waals surface area contributed by atoms with E-state index >= 15 is 0 Å². The van der Waals surface area contributed by atoms with Gasteiger partial charge in [-0.15, -0.1) is 0 Å². The molecule has 0 spiro atoms. The molecule has 5 nitrogen and oxygen atoms in total. The summed E-state index contributed by atoms with van der Waals surface area (Å²) in [6, 6.07) is 0. The van der Waals surface area contributed by atoms with E-state index < -0.39 is 0 Å². The normalized spacial score (nSPS) is 19.7. The number of hydrogen-bond acceptors (Lipinski definition) is 3. The number of amides is 1. The Morgan fingerprint density at radius 2 is 2.17 bits per heavy atom. The van der Waals surface area contributed by atoms with Gasteiger partial charge in [0.1, 0.15) is 0 Å². The molecule has 5 heteroatoms. The number of carbonyl (C=O) groups excluding carboxylic acids is 1. The maximum absolute atomic E-state index is 12.1. The number of rotatable bonds is 6. The number of piperidine rings is 1. The van der Waals surface area contributed by atoms with E-state index in [1.807, 2.05) is 10.9 Å². The van der Waals surface area contributed by atoms with E-state index in [0.717, 1.165) is 31.8 Å². The first kappa shape index (κ1) is 18.0. The molecule has 0 radical (unpaired) electrons. The molecule has 1 N–H and O–H groups in total. The zero-order valence-corrected chi connectivity index (χ0v) is 15.1. The van der Waals surface area contributed by atoms with Crippen molar-refractivity contribution in [1.29, 1.82) is 0 Å². The van der Waals surface area contributed by atoms with Crippen LogP contribution in [-0.2, 0) is 5.54 Å². The van der Waals surface area contributed by atoms with Crippen LogP contribution in [0.3, 0.4) is 0 Å². The van der Waals surface area contributed by atoms with E-state index in [9.17, 15) is 4.79 Å². The van der Waals surface area contributed by atoms with Gasteiger partial charge in [-0.25, -0.2) is 0 Å². The maximum atomic E-state index is 12.1. The van der Waals surface area contributed by atoms with Crippen LogP contribution in [0, 0.1) is 5.92 Å². The summed E-state index contributed by atoms with van der Waals surface area (Å²) in [4.78, 5) is 14.7. The lowest BCUT2D eigenvalue weighted by molar-refractivity contribution is 0.0952. The summed E-state index contributed by atoms with van der Waals surface area (Å²) < 4.78 is 1.83. The van der Waals surface area contributed by atoms with Crippen molar-refractivity contribution in [2.45, 2.75) is 58.9 Å². The highest BCUT2D eigenvalue weighted by Crippen LogP contribution is 2.15.